The molecule has 1 fully saturated rings. The van der Waals surface area contributed by atoms with Gasteiger partial charge in [-0.25, -0.2) is 0 Å². The van der Waals surface area contributed by atoms with Crippen LogP contribution < -0.4 is 10.5 Å². The van der Waals surface area contributed by atoms with Crippen LogP contribution in [0.25, 0.3) is 0 Å². The Morgan fingerprint density at radius 3 is 2.74 bits per heavy atom. The second-order valence-electron chi connectivity index (χ2n) is 9.54. The minimum Gasteiger partial charge on any atom is -0.493 e. The summed E-state index contributed by atoms with van der Waals surface area (Å²) in [7, 11) is 1.53. The number of aryl methyl sites for hydroxylation is 1. The number of nitrogens with one attached hydrogen (secondary N) is 1. The molecule has 2 unspecified atom stereocenters. The highest BCUT2D eigenvalue weighted by Gasteiger charge is 2.25. The third-order valence-corrected chi connectivity index (χ3v) is 7.02. The van der Waals surface area contributed by atoms with Crippen molar-refractivity contribution in [3.05, 3.63) is 76.2 Å². The van der Waals surface area contributed by atoms with Crippen molar-refractivity contribution in [1.29, 1.82) is 5.41 Å². The molecule has 4 rings (SSSR count). The number of carboxylic acid groups (broad SMARTS) is 1. The smallest absolute Gasteiger partial charge is 0.306 e. The van der Waals surface area contributed by atoms with Crippen LogP contribution in [-0.2, 0) is 28.9 Å². The van der Waals surface area contributed by atoms with Gasteiger partial charge in [-0.1, -0.05) is 37.3 Å². The van der Waals surface area contributed by atoms with Crippen LogP contribution in [0, 0.1) is 11.3 Å². The lowest BCUT2D eigenvalue weighted by molar-refractivity contribution is -0.141. The summed E-state index contributed by atoms with van der Waals surface area (Å²) in [6.07, 6.45) is 5.88. The van der Waals surface area contributed by atoms with Crippen LogP contribution >= 0.6 is 0 Å². The summed E-state index contributed by atoms with van der Waals surface area (Å²) in [5, 5.41) is 17.9. The van der Waals surface area contributed by atoms with E-state index in [2.05, 4.69) is 17.0 Å². The number of hydrogen-bond acceptors (Lipinski definition) is 6. The summed E-state index contributed by atoms with van der Waals surface area (Å²) >= 11 is 0. The molecule has 0 aromatic heterocycles. The van der Waals surface area contributed by atoms with Crippen molar-refractivity contribution in [1.82, 2.24) is 4.90 Å². The van der Waals surface area contributed by atoms with E-state index in [0.29, 0.717) is 12.2 Å². The lowest BCUT2D eigenvalue weighted by atomic mass is 9.92. The molecule has 0 amide bonds. The zero-order valence-electron chi connectivity index (χ0n) is 20.5. The van der Waals surface area contributed by atoms with Crippen molar-refractivity contribution in [2.75, 3.05) is 20.2 Å². The highest BCUT2D eigenvalue weighted by molar-refractivity contribution is 6.10. The van der Waals surface area contributed by atoms with Gasteiger partial charge in [-0.05, 0) is 73.5 Å². The molecule has 7 nitrogen and oxygen atoms in total. The molecule has 0 bridgehead atoms. The number of hydrogen-bond donors (Lipinski definition) is 3. The summed E-state index contributed by atoms with van der Waals surface area (Å²) in [6, 6.07) is 12.2. The van der Waals surface area contributed by atoms with E-state index in [1.807, 2.05) is 24.3 Å². The molecule has 2 aliphatic heterocycles. The van der Waals surface area contributed by atoms with E-state index < -0.39 is 11.9 Å². The number of benzene rings is 2. The van der Waals surface area contributed by atoms with E-state index in [1.54, 1.807) is 6.92 Å². The highest BCUT2D eigenvalue weighted by Crippen LogP contribution is 2.37. The van der Waals surface area contributed by atoms with Gasteiger partial charge in [0.1, 0.15) is 17.6 Å². The van der Waals surface area contributed by atoms with Gasteiger partial charge in [0.2, 0.25) is 0 Å². The summed E-state index contributed by atoms with van der Waals surface area (Å²) in [5.74, 6) is -0.0461. The summed E-state index contributed by atoms with van der Waals surface area (Å²) < 4.78 is 11.8. The van der Waals surface area contributed by atoms with Gasteiger partial charge in [0.15, 0.2) is 5.76 Å². The van der Waals surface area contributed by atoms with Gasteiger partial charge in [0, 0.05) is 18.3 Å². The summed E-state index contributed by atoms with van der Waals surface area (Å²) in [4.78, 5) is 13.7. The quantitative estimate of drug-likeness (QED) is 0.364. The number of ether oxygens (including phenoxy) is 2. The van der Waals surface area contributed by atoms with Crippen molar-refractivity contribution >= 4 is 11.7 Å². The van der Waals surface area contributed by atoms with Crippen LogP contribution in [0.5, 0.6) is 5.75 Å². The standard InChI is InChI=1S/C28H35N3O4/c1-18(28(32)33)13-19-5-6-20-8-10-24(35-25(20)14-19)21-7-9-23(27(30)26(16-29)34-2)22(15-21)17-31-11-3-4-12-31/h5-7,9,14-16,18,24,30H,3-4,8,10-13,17,29H2,1-2H3,(H,32,33)/b26-16+,30-27?. The Bertz CT molecular complexity index is 1120. The zero-order chi connectivity index (χ0) is 24.9. The average molecular weight is 478 g/mol. The monoisotopic (exact) mass is 477 g/mol. The first kappa shape index (κ1) is 24.8. The first-order valence-electron chi connectivity index (χ1n) is 12.3. The van der Waals surface area contributed by atoms with Crippen LogP contribution in [0.15, 0.2) is 48.4 Å². The van der Waals surface area contributed by atoms with Gasteiger partial charge in [-0.15, -0.1) is 0 Å². The fourth-order valence-electron chi connectivity index (χ4n) is 4.97. The second-order valence-corrected chi connectivity index (χ2v) is 9.54. The number of fused-ring (bicyclic) bond motifs is 1. The van der Waals surface area contributed by atoms with Crippen LogP contribution in [0.3, 0.4) is 0 Å². The molecular weight excluding hydrogens is 442 g/mol. The molecule has 186 valence electrons. The molecule has 35 heavy (non-hydrogen) atoms. The number of carbonyl (C=O) groups is 1. The fourth-order valence-corrected chi connectivity index (χ4v) is 4.97. The maximum absolute atomic E-state index is 11.3. The van der Waals surface area contributed by atoms with Gasteiger partial charge >= 0.3 is 5.97 Å². The van der Waals surface area contributed by atoms with Crippen LogP contribution in [0.2, 0.25) is 0 Å². The van der Waals surface area contributed by atoms with E-state index in [-0.39, 0.29) is 11.8 Å². The fraction of sp³-hybridized carbons (Fsp3) is 0.429. The Morgan fingerprint density at radius 2 is 2.06 bits per heavy atom. The minimum atomic E-state index is -0.793. The number of aliphatic carboxylic acids is 1. The lowest BCUT2D eigenvalue weighted by Gasteiger charge is -2.28. The lowest BCUT2D eigenvalue weighted by Crippen LogP contribution is -2.22. The molecule has 4 N–H and O–H groups in total. The maximum atomic E-state index is 11.3. The molecule has 0 aliphatic carbocycles. The molecule has 2 atom stereocenters. The Hall–Kier alpha value is -3.32. The molecule has 0 spiro atoms. The Morgan fingerprint density at radius 1 is 1.29 bits per heavy atom. The van der Waals surface area contributed by atoms with Crippen molar-refractivity contribution in [3.8, 4) is 5.75 Å². The third-order valence-electron chi connectivity index (χ3n) is 7.02. The summed E-state index contributed by atoms with van der Waals surface area (Å²) in [5.41, 5.74) is 11.1. The van der Waals surface area contributed by atoms with Gasteiger partial charge < -0.3 is 20.3 Å². The van der Waals surface area contributed by atoms with E-state index in [9.17, 15) is 9.90 Å². The first-order valence-corrected chi connectivity index (χ1v) is 12.3. The van der Waals surface area contributed by atoms with E-state index in [1.165, 1.54) is 26.2 Å². The number of nitrogens with zero attached hydrogens (tertiary/aromatic N) is 1. The average Bonchev–Trinajstić information content (AvgIpc) is 3.37. The number of carboxylic acids is 1. The molecule has 0 saturated carbocycles. The molecule has 7 heteroatoms. The topological polar surface area (TPSA) is 109 Å². The Balaban J connectivity index is 1.60. The van der Waals surface area contributed by atoms with Crippen molar-refractivity contribution in [2.24, 2.45) is 11.7 Å². The molecule has 2 aliphatic rings. The molecule has 2 aromatic rings. The number of allylic oxidation sites excluding steroid dienone is 1. The second kappa shape index (κ2) is 11.0. The van der Waals surface area contributed by atoms with Gasteiger partial charge in [-0.3, -0.25) is 15.1 Å². The molecule has 1 saturated heterocycles. The Labute approximate surface area is 207 Å². The van der Waals surface area contributed by atoms with Crippen molar-refractivity contribution < 1.29 is 19.4 Å². The van der Waals surface area contributed by atoms with Crippen molar-refractivity contribution in [2.45, 2.75) is 51.7 Å². The van der Waals surface area contributed by atoms with E-state index in [4.69, 9.17) is 20.6 Å². The maximum Gasteiger partial charge on any atom is 0.306 e. The van der Waals surface area contributed by atoms with Gasteiger partial charge in [0.25, 0.3) is 0 Å². The van der Waals surface area contributed by atoms with Crippen LogP contribution in [-0.4, -0.2) is 41.9 Å². The highest BCUT2D eigenvalue weighted by atomic mass is 16.5. The molecule has 2 aromatic carbocycles. The number of likely N-dealkylation sites (tertiary alicyclic amines) is 1. The normalized spacial score (nSPS) is 19.0. The summed E-state index contributed by atoms with van der Waals surface area (Å²) in [6.45, 7) is 4.62. The van der Waals surface area contributed by atoms with Crippen LogP contribution in [0.1, 0.15) is 60.1 Å². The molecular formula is C28H35N3O4. The number of rotatable bonds is 9. The third kappa shape index (κ3) is 5.68. The van der Waals surface area contributed by atoms with E-state index in [0.717, 1.165) is 66.0 Å². The van der Waals surface area contributed by atoms with E-state index >= 15 is 0 Å². The number of nitrogens with two attached hydrogens (primary N) is 1. The Kier molecular flexibility index (Phi) is 7.76. The van der Waals surface area contributed by atoms with Crippen LogP contribution in [0.4, 0.5) is 0 Å². The molecule has 0 radical (unpaired) electrons. The largest absolute Gasteiger partial charge is 0.493 e. The van der Waals surface area contributed by atoms with Crippen molar-refractivity contribution in [3.63, 3.8) is 0 Å². The van der Waals surface area contributed by atoms with Gasteiger partial charge in [-0.2, -0.15) is 0 Å². The minimum absolute atomic E-state index is 0.0952. The van der Waals surface area contributed by atoms with Gasteiger partial charge in [0.05, 0.1) is 13.0 Å². The predicted molar refractivity (Wildman–Crippen MR) is 136 cm³/mol. The first-order chi connectivity index (χ1) is 16.9. The zero-order valence-corrected chi connectivity index (χ0v) is 20.5. The molecule has 2 heterocycles. The predicted octanol–water partition coefficient (Wildman–Crippen LogP) is 4.43. The SMILES string of the molecule is CO/C(=C/N)C(=N)c1ccc(C2CCc3ccc(CC(C)C(=O)O)cc3O2)cc1CN1CCCC1. The number of methoxy groups -OCH3 is 1.